The lowest BCUT2D eigenvalue weighted by molar-refractivity contribution is -0.122. The number of halogens is 2. The van der Waals surface area contributed by atoms with E-state index in [1.807, 2.05) is 0 Å². The molecule has 0 bridgehead atoms. The maximum atomic E-state index is 12.5. The number of hydrogen-bond acceptors (Lipinski definition) is 3. The van der Waals surface area contributed by atoms with E-state index in [9.17, 15) is 9.18 Å². The van der Waals surface area contributed by atoms with E-state index >= 15 is 0 Å². The summed E-state index contributed by atoms with van der Waals surface area (Å²) < 4.78 is 17.8. The van der Waals surface area contributed by atoms with Crippen LogP contribution in [0, 0.1) is 5.82 Å². The Labute approximate surface area is 106 Å². The SMILES string of the molecule is CC(N)C(=O)NCCOc1ccc(F)cc1.Cl. The number of carbonyl (C=O) groups is 1. The van der Waals surface area contributed by atoms with Crippen molar-refractivity contribution < 1.29 is 13.9 Å². The molecule has 1 aromatic rings. The molecule has 6 heteroatoms. The molecule has 1 aromatic carbocycles. The van der Waals surface area contributed by atoms with Crippen molar-refractivity contribution >= 4 is 18.3 Å². The first-order valence-corrected chi connectivity index (χ1v) is 5.01. The lowest BCUT2D eigenvalue weighted by atomic mass is 10.3. The quantitative estimate of drug-likeness (QED) is 0.781. The van der Waals surface area contributed by atoms with Gasteiger partial charge in [0.2, 0.25) is 5.91 Å². The van der Waals surface area contributed by atoms with Gasteiger partial charge in [0, 0.05) is 0 Å². The van der Waals surface area contributed by atoms with Crippen LogP contribution in [0.2, 0.25) is 0 Å². The third kappa shape index (κ3) is 6.09. The van der Waals surface area contributed by atoms with Crippen molar-refractivity contribution in [3.63, 3.8) is 0 Å². The number of nitrogens with two attached hydrogens (primary N) is 1. The van der Waals surface area contributed by atoms with E-state index in [0.717, 1.165) is 0 Å². The number of hydrogen-bond donors (Lipinski definition) is 2. The summed E-state index contributed by atoms with van der Waals surface area (Å²) in [6.45, 7) is 2.30. The summed E-state index contributed by atoms with van der Waals surface area (Å²) in [5, 5.41) is 2.60. The Bertz CT molecular complexity index is 344. The van der Waals surface area contributed by atoms with Crippen molar-refractivity contribution in [1.29, 1.82) is 0 Å². The van der Waals surface area contributed by atoms with Gasteiger partial charge in [-0.05, 0) is 31.2 Å². The van der Waals surface area contributed by atoms with Crippen molar-refractivity contribution in [2.45, 2.75) is 13.0 Å². The second kappa shape index (κ2) is 7.86. The van der Waals surface area contributed by atoms with Crippen LogP contribution in [0.3, 0.4) is 0 Å². The van der Waals surface area contributed by atoms with Crippen LogP contribution in [0.1, 0.15) is 6.92 Å². The predicted octanol–water partition coefficient (Wildman–Crippen LogP) is 1.09. The Hall–Kier alpha value is -1.33. The molecule has 0 spiro atoms. The summed E-state index contributed by atoms with van der Waals surface area (Å²) in [6, 6.07) is 5.17. The molecule has 0 saturated heterocycles. The topological polar surface area (TPSA) is 64.4 Å². The lowest BCUT2D eigenvalue weighted by Crippen LogP contribution is -2.40. The zero-order chi connectivity index (χ0) is 12.0. The molecular formula is C11H16ClFN2O2. The Kier molecular flexibility index (Phi) is 7.25. The van der Waals surface area contributed by atoms with Crippen LogP contribution < -0.4 is 15.8 Å². The van der Waals surface area contributed by atoms with Gasteiger partial charge in [0.05, 0.1) is 12.6 Å². The van der Waals surface area contributed by atoms with Gasteiger partial charge < -0.3 is 15.8 Å². The highest BCUT2D eigenvalue weighted by Gasteiger charge is 2.05. The fourth-order valence-electron chi connectivity index (χ4n) is 1.03. The van der Waals surface area contributed by atoms with E-state index in [2.05, 4.69) is 5.32 Å². The van der Waals surface area contributed by atoms with Crippen molar-refractivity contribution in [2.75, 3.05) is 13.2 Å². The van der Waals surface area contributed by atoms with Gasteiger partial charge in [-0.15, -0.1) is 12.4 Å². The number of rotatable bonds is 5. The normalized spacial score (nSPS) is 11.2. The smallest absolute Gasteiger partial charge is 0.236 e. The van der Waals surface area contributed by atoms with Crippen LogP contribution in [0.15, 0.2) is 24.3 Å². The summed E-state index contributed by atoms with van der Waals surface area (Å²) in [4.78, 5) is 11.1. The van der Waals surface area contributed by atoms with Gasteiger partial charge in [0.1, 0.15) is 18.2 Å². The second-order valence-electron chi connectivity index (χ2n) is 3.38. The van der Waals surface area contributed by atoms with Crippen LogP contribution in [0.5, 0.6) is 5.75 Å². The van der Waals surface area contributed by atoms with E-state index in [1.54, 1.807) is 6.92 Å². The predicted molar refractivity (Wildman–Crippen MR) is 65.8 cm³/mol. The fraction of sp³-hybridized carbons (Fsp3) is 0.364. The van der Waals surface area contributed by atoms with Gasteiger partial charge >= 0.3 is 0 Å². The Balaban J connectivity index is 0.00000256. The zero-order valence-electron chi connectivity index (χ0n) is 9.48. The summed E-state index contributed by atoms with van der Waals surface area (Å²) in [5.41, 5.74) is 5.35. The molecular weight excluding hydrogens is 247 g/mol. The first-order valence-electron chi connectivity index (χ1n) is 5.01. The maximum Gasteiger partial charge on any atom is 0.236 e. The molecule has 1 unspecified atom stereocenters. The highest BCUT2D eigenvalue weighted by molar-refractivity contribution is 5.85. The Morgan fingerprint density at radius 2 is 2.06 bits per heavy atom. The van der Waals surface area contributed by atoms with Gasteiger partial charge in [-0.3, -0.25) is 4.79 Å². The molecule has 4 nitrogen and oxygen atoms in total. The standard InChI is InChI=1S/C11H15FN2O2.ClH/c1-8(13)11(15)14-6-7-16-10-4-2-9(12)3-5-10;/h2-5,8H,6-7,13H2,1H3,(H,14,15);1H. The van der Waals surface area contributed by atoms with Gasteiger partial charge in [0.25, 0.3) is 0 Å². The minimum absolute atomic E-state index is 0. The molecule has 0 aliphatic heterocycles. The van der Waals surface area contributed by atoms with Crippen molar-refractivity contribution in [3.05, 3.63) is 30.1 Å². The molecule has 0 aromatic heterocycles. The van der Waals surface area contributed by atoms with Crippen molar-refractivity contribution in [3.8, 4) is 5.75 Å². The first-order chi connectivity index (χ1) is 7.59. The van der Waals surface area contributed by atoms with E-state index in [-0.39, 0.29) is 24.1 Å². The summed E-state index contributed by atoms with van der Waals surface area (Å²) >= 11 is 0. The first kappa shape index (κ1) is 15.7. The van der Waals surface area contributed by atoms with Crippen molar-refractivity contribution in [1.82, 2.24) is 5.32 Å². The van der Waals surface area contributed by atoms with Gasteiger partial charge in [-0.25, -0.2) is 4.39 Å². The van der Waals surface area contributed by atoms with Crippen LogP contribution >= 0.6 is 12.4 Å². The van der Waals surface area contributed by atoms with Crippen LogP contribution in [0.25, 0.3) is 0 Å². The molecule has 0 fully saturated rings. The van der Waals surface area contributed by atoms with Gasteiger partial charge in [-0.1, -0.05) is 0 Å². The molecule has 0 aliphatic rings. The molecule has 3 N–H and O–H groups in total. The van der Waals surface area contributed by atoms with Gasteiger partial charge in [0.15, 0.2) is 0 Å². The summed E-state index contributed by atoms with van der Waals surface area (Å²) in [6.07, 6.45) is 0. The largest absolute Gasteiger partial charge is 0.492 e. The number of nitrogens with one attached hydrogen (secondary N) is 1. The van der Waals surface area contributed by atoms with Crippen LogP contribution in [-0.2, 0) is 4.79 Å². The second-order valence-corrected chi connectivity index (χ2v) is 3.38. The van der Waals surface area contributed by atoms with E-state index in [4.69, 9.17) is 10.5 Å². The third-order valence-corrected chi connectivity index (χ3v) is 1.90. The maximum absolute atomic E-state index is 12.5. The van der Waals surface area contributed by atoms with Gasteiger partial charge in [-0.2, -0.15) is 0 Å². The molecule has 1 atom stereocenters. The molecule has 96 valence electrons. The van der Waals surface area contributed by atoms with Crippen LogP contribution in [0.4, 0.5) is 4.39 Å². The third-order valence-electron chi connectivity index (χ3n) is 1.90. The molecule has 0 aliphatic carbocycles. The number of benzene rings is 1. The Morgan fingerprint density at radius 3 is 2.59 bits per heavy atom. The highest BCUT2D eigenvalue weighted by Crippen LogP contribution is 2.10. The number of ether oxygens (including phenoxy) is 1. The summed E-state index contributed by atoms with van der Waals surface area (Å²) in [5.74, 6) is 0.0387. The molecule has 0 radical (unpaired) electrons. The molecule has 17 heavy (non-hydrogen) atoms. The van der Waals surface area contributed by atoms with Crippen molar-refractivity contribution in [2.24, 2.45) is 5.73 Å². The monoisotopic (exact) mass is 262 g/mol. The number of carbonyl (C=O) groups excluding carboxylic acids is 1. The fourth-order valence-corrected chi connectivity index (χ4v) is 1.03. The number of amides is 1. The average molecular weight is 263 g/mol. The molecule has 1 amide bonds. The Morgan fingerprint density at radius 1 is 1.47 bits per heavy atom. The molecule has 1 rings (SSSR count). The minimum atomic E-state index is -0.522. The molecule has 0 heterocycles. The summed E-state index contributed by atoms with van der Waals surface area (Å²) in [7, 11) is 0. The average Bonchev–Trinajstić information content (AvgIpc) is 2.26. The minimum Gasteiger partial charge on any atom is -0.492 e. The van der Waals surface area contributed by atoms with E-state index < -0.39 is 6.04 Å². The highest BCUT2D eigenvalue weighted by atomic mass is 35.5. The van der Waals surface area contributed by atoms with Crippen LogP contribution in [-0.4, -0.2) is 25.1 Å². The zero-order valence-corrected chi connectivity index (χ0v) is 10.3. The lowest BCUT2D eigenvalue weighted by Gasteiger charge is -2.09. The van der Waals surface area contributed by atoms with E-state index in [1.165, 1.54) is 24.3 Å². The molecule has 0 saturated carbocycles. The van der Waals surface area contributed by atoms with E-state index in [0.29, 0.717) is 18.9 Å².